The van der Waals surface area contributed by atoms with Crippen LogP contribution in [0.25, 0.3) is 11.0 Å². The second-order valence-electron chi connectivity index (χ2n) is 2.86. The first-order chi connectivity index (χ1) is 7.27. The molecule has 0 spiro atoms. The fourth-order valence-electron chi connectivity index (χ4n) is 1.22. The fourth-order valence-corrected chi connectivity index (χ4v) is 1.22. The van der Waals surface area contributed by atoms with Crippen molar-refractivity contribution < 1.29 is 14.6 Å². The van der Waals surface area contributed by atoms with Gasteiger partial charge in [-0.05, 0) is 12.1 Å². The van der Waals surface area contributed by atoms with E-state index in [1.807, 2.05) is 0 Å². The largest absolute Gasteiger partial charge is 0.480 e. The van der Waals surface area contributed by atoms with E-state index in [2.05, 4.69) is 9.97 Å². The van der Waals surface area contributed by atoms with E-state index in [0.29, 0.717) is 16.8 Å². The van der Waals surface area contributed by atoms with E-state index in [-0.39, 0.29) is 6.61 Å². The second kappa shape index (κ2) is 3.91. The van der Waals surface area contributed by atoms with Gasteiger partial charge >= 0.3 is 5.97 Å². The molecular formula is C10H8N2O3. The molecule has 2 rings (SSSR count). The Morgan fingerprint density at radius 2 is 2.13 bits per heavy atom. The summed E-state index contributed by atoms with van der Waals surface area (Å²) in [5.41, 5.74) is 1.25. The van der Waals surface area contributed by atoms with Crippen molar-refractivity contribution >= 4 is 17.0 Å². The number of benzene rings is 1. The van der Waals surface area contributed by atoms with Crippen LogP contribution in [0.3, 0.4) is 0 Å². The summed E-state index contributed by atoms with van der Waals surface area (Å²) in [6.45, 7) is -0.379. The minimum atomic E-state index is -1.02. The molecule has 0 saturated heterocycles. The number of ether oxygens (including phenoxy) is 1. The van der Waals surface area contributed by atoms with Crippen molar-refractivity contribution in [2.45, 2.75) is 0 Å². The molecule has 1 aromatic heterocycles. The number of nitrogens with zero attached hydrogens (tertiary/aromatic N) is 2. The van der Waals surface area contributed by atoms with Crippen LogP contribution in [0.15, 0.2) is 30.6 Å². The Balaban J connectivity index is 2.38. The molecule has 0 saturated carbocycles. The molecule has 15 heavy (non-hydrogen) atoms. The molecule has 0 fully saturated rings. The first-order valence-corrected chi connectivity index (χ1v) is 4.32. The van der Waals surface area contributed by atoms with Gasteiger partial charge < -0.3 is 9.84 Å². The van der Waals surface area contributed by atoms with Crippen LogP contribution in [0.5, 0.6) is 5.75 Å². The third-order valence-corrected chi connectivity index (χ3v) is 1.81. The zero-order chi connectivity index (χ0) is 10.7. The molecule has 1 N–H and O–H groups in total. The molecule has 0 amide bonds. The van der Waals surface area contributed by atoms with E-state index in [1.54, 1.807) is 24.4 Å². The average molecular weight is 204 g/mol. The normalized spacial score (nSPS) is 10.1. The maximum absolute atomic E-state index is 10.3. The highest BCUT2D eigenvalue weighted by atomic mass is 16.5. The number of para-hydroxylation sites is 1. The fraction of sp³-hybridized carbons (Fsp3) is 0.100. The summed E-state index contributed by atoms with van der Waals surface area (Å²) >= 11 is 0. The minimum Gasteiger partial charge on any atom is -0.480 e. The van der Waals surface area contributed by atoms with E-state index in [0.717, 1.165) is 0 Å². The maximum Gasteiger partial charge on any atom is 0.341 e. The quantitative estimate of drug-likeness (QED) is 0.810. The summed E-state index contributed by atoms with van der Waals surface area (Å²) in [7, 11) is 0. The van der Waals surface area contributed by atoms with Gasteiger partial charge in [0.05, 0.1) is 5.52 Å². The Morgan fingerprint density at radius 3 is 2.93 bits per heavy atom. The van der Waals surface area contributed by atoms with Gasteiger partial charge in [0.15, 0.2) is 6.61 Å². The smallest absolute Gasteiger partial charge is 0.341 e. The molecule has 5 nitrogen and oxygen atoms in total. The standard InChI is InChI=1S/C10H8N2O3/c13-9(14)6-15-8-3-1-2-7-10(8)12-5-4-11-7/h1-5H,6H2,(H,13,14). The van der Waals surface area contributed by atoms with Crippen molar-refractivity contribution in [1.82, 2.24) is 9.97 Å². The van der Waals surface area contributed by atoms with Crippen LogP contribution in [0.2, 0.25) is 0 Å². The molecule has 0 bridgehead atoms. The molecule has 0 aliphatic heterocycles. The summed E-state index contributed by atoms with van der Waals surface area (Å²) in [5, 5.41) is 8.49. The van der Waals surface area contributed by atoms with E-state index in [1.165, 1.54) is 6.20 Å². The Morgan fingerprint density at radius 1 is 1.33 bits per heavy atom. The Kier molecular flexibility index (Phi) is 2.45. The lowest BCUT2D eigenvalue weighted by molar-refractivity contribution is -0.139. The monoisotopic (exact) mass is 204 g/mol. The average Bonchev–Trinajstić information content (AvgIpc) is 2.26. The van der Waals surface area contributed by atoms with Crippen molar-refractivity contribution in [3.8, 4) is 5.75 Å². The predicted molar refractivity (Wildman–Crippen MR) is 52.7 cm³/mol. The summed E-state index contributed by atoms with van der Waals surface area (Å²) in [4.78, 5) is 18.5. The first-order valence-electron chi connectivity index (χ1n) is 4.32. The van der Waals surface area contributed by atoms with Crippen LogP contribution in [0.4, 0.5) is 0 Å². The van der Waals surface area contributed by atoms with E-state index in [4.69, 9.17) is 9.84 Å². The molecule has 1 heterocycles. The lowest BCUT2D eigenvalue weighted by Crippen LogP contribution is -2.09. The molecule has 0 unspecified atom stereocenters. The van der Waals surface area contributed by atoms with Crippen molar-refractivity contribution in [2.24, 2.45) is 0 Å². The lowest BCUT2D eigenvalue weighted by Gasteiger charge is -2.04. The summed E-state index contributed by atoms with van der Waals surface area (Å²) in [6.07, 6.45) is 3.11. The zero-order valence-corrected chi connectivity index (χ0v) is 7.75. The molecule has 76 valence electrons. The van der Waals surface area contributed by atoms with Crippen molar-refractivity contribution in [3.05, 3.63) is 30.6 Å². The van der Waals surface area contributed by atoms with E-state index >= 15 is 0 Å². The number of rotatable bonds is 3. The summed E-state index contributed by atoms with van der Waals surface area (Å²) in [6, 6.07) is 5.20. The van der Waals surface area contributed by atoms with Crippen LogP contribution in [-0.2, 0) is 4.79 Å². The van der Waals surface area contributed by atoms with Gasteiger partial charge in [0, 0.05) is 12.4 Å². The van der Waals surface area contributed by atoms with E-state index < -0.39 is 5.97 Å². The lowest BCUT2D eigenvalue weighted by atomic mass is 10.3. The molecule has 0 aliphatic rings. The van der Waals surface area contributed by atoms with Gasteiger partial charge in [-0.15, -0.1) is 0 Å². The zero-order valence-electron chi connectivity index (χ0n) is 7.75. The van der Waals surface area contributed by atoms with Gasteiger partial charge in [-0.3, -0.25) is 4.98 Å². The highest BCUT2D eigenvalue weighted by Crippen LogP contribution is 2.20. The summed E-state index contributed by atoms with van der Waals surface area (Å²) in [5.74, 6) is -0.584. The van der Waals surface area contributed by atoms with Gasteiger partial charge in [0.25, 0.3) is 0 Å². The summed E-state index contributed by atoms with van der Waals surface area (Å²) < 4.78 is 5.08. The number of carboxylic acids is 1. The Labute approximate surface area is 85.4 Å². The van der Waals surface area contributed by atoms with Crippen molar-refractivity contribution in [2.75, 3.05) is 6.61 Å². The number of carboxylic acid groups (broad SMARTS) is 1. The predicted octanol–water partition coefficient (Wildman–Crippen LogP) is 1.09. The van der Waals surface area contributed by atoms with Gasteiger partial charge in [-0.25, -0.2) is 9.78 Å². The maximum atomic E-state index is 10.3. The van der Waals surface area contributed by atoms with Crippen LogP contribution >= 0.6 is 0 Å². The number of fused-ring (bicyclic) bond motifs is 1. The number of carbonyl (C=O) groups is 1. The van der Waals surface area contributed by atoms with Crippen LogP contribution in [-0.4, -0.2) is 27.7 Å². The molecule has 0 aliphatic carbocycles. The number of aliphatic carboxylic acids is 1. The van der Waals surface area contributed by atoms with Gasteiger partial charge in [0.2, 0.25) is 0 Å². The molecule has 0 atom stereocenters. The molecule has 2 aromatic rings. The Bertz CT molecular complexity index is 493. The highest BCUT2D eigenvalue weighted by molar-refractivity contribution is 5.81. The van der Waals surface area contributed by atoms with Crippen molar-refractivity contribution in [3.63, 3.8) is 0 Å². The molecular weight excluding hydrogens is 196 g/mol. The Hall–Kier alpha value is -2.17. The molecule has 5 heteroatoms. The van der Waals surface area contributed by atoms with Gasteiger partial charge in [-0.1, -0.05) is 6.07 Å². The third kappa shape index (κ3) is 2.01. The second-order valence-corrected chi connectivity index (χ2v) is 2.86. The minimum absolute atomic E-state index is 0.379. The number of hydrogen-bond donors (Lipinski definition) is 1. The first kappa shape index (κ1) is 9.39. The topological polar surface area (TPSA) is 72.3 Å². The van der Waals surface area contributed by atoms with Gasteiger partial charge in [-0.2, -0.15) is 0 Å². The molecule has 1 aromatic carbocycles. The van der Waals surface area contributed by atoms with Crippen LogP contribution < -0.4 is 4.74 Å². The van der Waals surface area contributed by atoms with Gasteiger partial charge in [0.1, 0.15) is 11.3 Å². The third-order valence-electron chi connectivity index (χ3n) is 1.81. The van der Waals surface area contributed by atoms with Crippen LogP contribution in [0.1, 0.15) is 0 Å². The molecule has 0 radical (unpaired) electrons. The highest BCUT2D eigenvalue weighted by Gasteiger charge is 2.05. The van der Waals surface area contributed by atoms with Crippen molar-refractivity contribution in [1.29, 1.82) is 0 Å². The SMILES string of the molecule is O=C(O)COc1cccc2nccnc12. The number of aromatic nitrogens is 2. The van der Waals surface area contributed by atoms with E-state index in [9.17, 15) is 4.79 Å². The van der Waals surface area contributed by atoms with Crippen LogP contribution in [0, 0.1) is 0 Å². The number of hydrogen-bond acceptors (Lipinski definition) is 4.